The van der Waals surface area contributed by atoms with Crippen LogP contribution in [0.2, 0.25) is 0 Å². The van der Waals surface area contributed by atoms with E-state index in [0.717, 1.165) is 6.08 Å². The molecule has 0 aliphatic rings. The van der Waals surface area contributed by atoms with Gasteiger partial charge in [0.1, 0.15) is 10.8 Å². The number of halogens is 1. The Hall–Kier alpha value is -0.640. The Kier molecular flexibility index (Phi) is 3.96. The summed E-state index contributed by atoms with van der Waals surface area (Å²) in [5.74, 6) is -0.554. The molecule has 0 radical (unpaired) electrons. The van der Waals surface area contributed by atoms with E-state index in [1.165, 1.54) is 7.11 Å². The number of hydrogen-bond acceptors (Lipinski definition) is 3. The van der Waals surface area contributed by atoms with Crippen LogP contribution in [0.4, 0.5) is 0 Å². The van der Waals surface area contributed by atoms with Crippen molar-refractivity contribution in [2.75, 3.05) is 7.11 Å². The Balaban J connectivity index is 4.01. The lowest BCUT2D eigenvalue weighted by molar-refractivity contribution is -0.135. The van der Waals surface area contributed by atoms with Gasteiger partial charge in [0.05, 0.1) is 7.11 Å². The summed E-state index contributed by atoms with van der Waals surface area (Å²) in [7, 11) is 1.24. The molecule has 3 nitrogen and oxygen atoms in total. The normalized spacial score (nSPS) is 10.7. The fraction of sp³-hybridized carbons (Fsp3) is 0.200. The predicted molar refractivity (Wildman–Crippen MR) is 35.1 cm³/mol. The van der Waals surface area contributed by atoms with Gasteiger partial charge in [0.15, 0.2) is 0 Å². The third-order valence-electron chi connectivity index (χ3n) is 0.595. The summed E-state index contributed by atoms with van der Waals surface area (Å²) in [5.41, 5.74) is 0. The van der Waals surface area contributed by atoms with Gasteiger partial charge in [-0.25, -0.2) is 4.79 Å². The van der Waals surface area contributed by atoms with E-state index < -0.39 is 5.97 Å². The summed E-state index contributed by atoms with van der Waals surface area (Å²) < 4.78 is 4.38. The van der Waals surface area contributed by atoms with Crippen molar-refractivity contribution < 1.29 is 14.3 Å². The van der Waals surface area contributed by atoms with Gasteiger partial charge in [-0.3, -0.25) is 4.79 Å². The molecule has 0 unspecified atom stereocenters. The van der Waals surface area contributed by atoms with Crippen LogP contribution >= 0.6 is 15.9 Å². The molecule has 0 saturated heterocycles. The third-order valence-corrected chi connectivity index (χ3v) is 1.18. The van der Waals surface area contributed by atoms with Crippen molar-refractivity contribution in [2.24, 2.45) is 0 Å². The summed E-state index contributed by atoms with van der Waals surface area (Å²) in [6, 6.07) is 0. The van der Waals surface area contributed by atoms with Crippen LogP contribution < -0.4 is 0 Å². The number of aldehydes is 1. The zero-order valence-electron chi connectivity index (χ0n) is 4.76. The van der Waals surface area contributed by atoms with Gasteiger partial charge < -0.3 is 4.74 Å². The maximum atomic E-state index is 10.4. The second-order valence-electron chi connectivity index (χ2n) is 1.14. The summed E-state index contributed by atoms with van der Waals surface area (Å²) in [5, 5.41) is 0. The number of rotatable bonds is 2. The van der Waals surface area contributed by atoms with Gasteiger partial charge >= 0.3 is 5.97 Å². The molecule has 0 bridgehead atoms. The topological polar surface area (TPSA) is 43.4 Å². The number of allylic oxidation sites excluding steroid dienone is 1. The first-order valence-electron chi connectivity index (χ1n) is 2.11. The first-order chi connectivity index (χ1) is 4.22. The van der Waals surface area contributed by atoms with Crippen molar-refractivity contribution in [1.29, 1.82) is 0 Å². The first-order valence-corrected chi connectivity index (χ1v) is 2.91. The van der Waals surface area contributed by atoms with E-state index in [4.69, 9.17) is 0 Å². The number of esters is 1. The zero-order valence-corrected chi connectivity index (χ0v) is 6.34. The molecule has 0 heterocycles. The molecule has 0 aliphatic carbocycles. The van der Waals surface area contributed by atoms with Gasteiger partial charge in [-0.2, -0.15) is 0 Å². The Morgan fingerprint density at radius 2 is 2.22 bits per heavy atom. The molecule has 0 saturated carbocycles. The fourth-order valence-electron chi connectivity index (χ4n) is 0.225. The van der Waals surface area contributed by atoms with Crippen molar-refractivity contribution in [1.82, 2.24) is 0 Å². The van der Waals surface area contributed by atoms with Gasteiger partial charge in [0.2, 0.25) is 0 Å². The molecular weight excluding hydrogens is 188 g/mol. The highest BCUT2D eigenvalue weighted by atomic mass is 79.9. The van der Waals surface area contributed by atoms with Crippen LogP contribution in [-0.4, -0.2) is 19.4 Å². The molecule has 0 aromatic carbocycles. The van der Waals surface area contributed by atoms with E-state index in [1.54, 1.807) is 0 Å². The average molecular weight is 193 g/mol. The highest BCUT2D eigenvalue weighted by molar-refractivity contribution is 9.12. The molecule has 0 spiro atoms. The number of carbonyl (C=O) groups is 2. The Morgan fingerprint density at radius 1 is 1.67 bits per heavy atom. The number of hydrogen-bond donors (Lipinski definition) is 0. The van der Waals surface area contributed by atoms with Gasteiger partial charge in [-0.1, -0.05) is 0 Å². The summed E-state index contributed by atoms with van der Waals surface area (Å²) in [4.78, 5) is 20.1. The molecule has 0 aromatic heterocycles. The maximum absolute atomic E-state index is 10.4. The predicted octanol–water partition coefficient (Wildman–Crippen LogP) is 0.637. The quantitative estimate of drug-likeness (QED) is 0.367. The highest BCUT2D eigenvalue weighted by Gasteiger charge is 2.02. The number of ether oxygens (including phenoxy) is 1. The van der Waals surface area contributed by atoms with Crippen LogP contribution in [-0.2, 0) is 14.3 Å². The average Bonchev–Trinajstić information content (AvgIpc) is 1.87. The fourth-order valence-corrected chi connectivity index (χ4v) is 0.495. The largest absolute Gasteiger partial charge is 0.465 e. The molecular formula is C5H5BrO3. The number of methoxy groups -OCH3 is 1. The Morgan fingerprint density at radius 3 is 2.56 bits per heavy atom. The lowest BCUT2D eigenvalue weighted by atomic mass is 10.5. The third kappa shape index (κ3) is 3.03. The van der Waals surface area contributed by atoms with Crippen LogP contribution in [0.25, 0.3) is 0 Å². The zero-order chi connectivity index (χ0) is 7.28. The summed E-state index contributed by atoms with van der Waals surface area (Å²) >= 11 is 2.82. The van der Waals surface area contributed by atoms with Crippen LogP contribution in [0.3, 0.4) is 0 Å². The molecule has 0 amide bonds. The Labute approximate surface area is 60.8 Å². The standard InChI is InChI=1S/C5H5BrO3/c1-9-5(8)4(6)2-3-7/h2-3H,1H3/b4-2+. The van der Waals surface area contributed by atoms with Crippen LogP contribution in [0.15, 0.2) is 10.6 Å². The maximum Gasteiger partial charge on any atom is 0.345 e. The van der Waals surface area contributed by atoms with Gasteiger partial charge in [-0.05, 0) is 22.0 Å². The molecule has 0 aliphatic heterocycles. The van der Waals surface area contributed by atoms with Gasteiger partial charge in [0.25, 0.3) is 0 Å². The minimum Gasteiger partial charge on any atom is -0.465 e. The molecule has 0 rings (SSSR count). The monoisotopic (exact) mass is 192 g/mol. The van der Waals surface area contributed by atoms with Crippen LogP contribution in [0, 0.1) is 0 Å². The lowest BCUT2D eigenvalue weighted by Crippen LogP contribution is -1.98. The van der Waals surface area contributed by atoms with Crippen LogP contribution in [0.5, 0.6) is 0 Å². The van der Waals surface area contributed by atoms with E-state index in [-0.39, 0.29) is 4.48 Å². The second-order valence-corrected chi connectivity index (χ2v) is 2.00. The Bertz CT molecular complexity index is 150. The lowest BCUT2D eigenvalue weighted by Gasteiger charge is -1.91. The molecule has 0 N–H and O–H groups in total. The van der Waals surface area contributed by atoms with Gasteiger partial charge in [-0.15, -0.1) is 0 Å². The van der Waals surface area contributed by atoms with E-state index >= 15 is 0 Å². The van der Waals surface area contributed by atoms with Crippen molar-refractivity contribution in [3.63, 3.8) is 0 Å². The molecule has 0 atom stereocenters. The van der Waals surface area contributed by atoms with E-state index in [9.17, 15) is 9.59 Å². The minimum atomic E-state index is -0.554. The summed E-state index contributed by atoms with van der Waals surface area (Å²) in [6.45, 7) is 0. The highest BCUT2D eigenvalue weighted by Crippen LogP contribution is 2.04. The SMILES string of the molecule is COC(=O)/C(Br)=C\C=O. The van der Waals surface area contributed by atoms with Crippen molar-refractivity contribution in [3.8, 4) is 0 Å². The molecule has 0 fully saturated rings. The van der Waals surface area contributed by atoms with Crippen LogP contribution in [0.1, 0.15) is 0 Å². The molecule has 9 heavy (non-hydrogen) atoms. The van der Waals surface area contributed by atoms with E-state index in [0.29, 0.717) is 6.29 Å². The van der Waals surface area contributed by atoms with E-state index in [2.05, 4.69) is 20.7 Å². The molecule has 4 heteroatoms. The van der Waals surface area contributed by atoms with Crippen molar-refractivity contribution in [3.05, 3.63) is 10.6 Å². The van der Waals surface area contributed by atoms with Gasteiger partial charge in [0, 0.05) is 0 Å². The molecule has 50 valence electrons. The number of carbonyl (C=O) groups excluding carboxylic acids is 2. The second kappa shape index (κ2) is 4.26. The summed E-state index contributed by atoms with van der Waals surface area (Å²) in [6.07, 6.45) is 1.58. The van der Waals surface area contributed by atoms with E-state index in [1.807, 2.05) is 0 Å². The molecule has 0 aromatic rings. The van der Waals surface area contributed by atoms with Crippen molar-refractivity contribution >= 4 is 28.2 Å². The van der Waals surface area contributed by atoms with Crippen molar-refractivity contribution in [2.45, 2.75) is 0 Å². The first kappa shape index (κ1) is 8.36. The smallest absolute Gasteiger partial charge is 0.345 e. The minimum absolute atomic E-state index is 0.125.